The van der Waals surface area contributed by atoms with Gasteiger partial charge in [0.2, 0.25) is 0 Å². The molecule has 2 aromatic rings. The van der Waals surface area contributed by atoms with E-state index in [2.05, 4.69) is 0 Å². The van der Waals surface area contributed by atoms with E-state index < -0.39 is 16.2 Å². The molecule has 0 bridgehead atoms. The summed E-state index contributed by atoms with van der Waals surface area (Å²) < 4.78 is 0. The number of fused-ring (bicyclic) bond motifs is 3. The number of nitro benzene ring substituents is 1. The van der Waals surface area contributed by atoms with Crippen molar-refractivity contribution in [2.24, 2.45) is 0 Å². The number of aliphatic hydroxyl groups is 1. The zero-order valence-electron chi connectivity index (χ0n) is 11.7. The van der Waals surface area contributed by atoms with Gasteiger partial charge in [-0.25, -0.2) is 0 Å². The zero-order chi connectivity index (χ0) is 15.7. The third-order valence-electron chi connectivity index (χ3n) is 4.71. The quantitative estimate of drug-likeness (QED) is 0.522. The summed E-state index contributed by atoms with van der Waals surface area (Å²) in [6.45, 7) is 1.69. The van der Waals surface area contributed by atoms with Crippen LogP contribution < -0.4 is 4.90 Å². The SMILES string of the molecule is CC12C(=O)c3ccccc3C1(O)N2c1ccc([N+](=O)[O-])cc1. The lowest BCUT2D eigenvalue weighted by molar-refractivity contribution is -0.384. The fourth-order valence-electron chi connectivity index (χ4n) is 3.52. The molecule has 1 heterocycles. The molecule has 22 heavy (non-hydrogen) atoms. The zero-order valence-corrected chi connectivity index (χ0v) is 11.7. The lowest BCUT2D eigenvalue weighted by Gasteiger charge is -2.16. The molecular formula is C16H12N2O4. The fraction of sp³-hybridized carbons (Fsp3) is 0.188. The fourth-order valence-corrected chi connectivity index (χ4v) is 3.52. The number of carbonyl (C=O) groups excluding carboxylic acids is 1. The summed E-state index contributed by atoms with van der Waals surface area (Å²) in [5, 5.41) is 21.7. The van der Waals surface area contributed by atoms with Gasteiger partial charge in [0.15, 0.2) is 17.0 Å². The molecule has 1 N–H and O–H groups in total. The van der Waals surface area contributed by atoms with Gasteiger partial charge in [-0.1, -0.05) is 24.3 Å². The Kier molecular flexibility index (Phi) is 2.19. The number of nitrogens with zero attached hydrogens (tertiary/aromatic N) is 2. The van der Waals surface area contributed by atoms with Crippen molar-refractivity contribution in [2.45, 2.75) is 18.2 Å². The average Bonchev–Trinajstić information content (AvgIpc) is 2.98. The molecule has 2 aliphatic rings. The monoisotopic (exact) mass is 296 g/mol. The number of non-ortho nitro benzene ring substituents is 1. The molecule has 0 saturated carbocycles. The normalized spacial score (nSPS) is 28.3. The van der Waals surface area contributed by atoms with Crippen LogP contribution in [-0.4, -0.2) is 21.4 Å². The standard InChI is InChI=1S/C16H12N2O4/c1-15-14(19)12-4-2-3-5-13(12)16(15,20)17(15)10-6-8-11(9-7-10)18(21)22/h2-9,20H,1H3. The maximum Gasteiger partial charge on any atom is 0.269 e. The number of benzene rings is 2. The molecule has 0 spiro atoms. The van der Waals surface area contributed by atoms with Gasteiger partial charge in [-0.05, 0) is 19.1 Å². The third kappa shape index (κ3) is 1.22. The topological polar surface area (TPSA) is 83.4 Å². The molecule has 1 fully saturated rings. The van der Waals surface area contributed by atoms with Crippen LogP contribution in [0.25, 0.3) is 0 Å². The molecular weight excluding hydrogens is 284 g/mol. The number of hydrogen-bond acceptors (Lipinski definition) is 5. The van der Waals surface area contributed by atoms with Crippen molar-refractivity contribution in [1.29, 1.82) is 0 Å². The van der Waals surface area contributed by atoms with Crippen molar-refractivity contribution in [3.63, 3.8) is 0 Å². The van der Waals surface area contributed by atoms with E-state index in [4.69, 9.17) is 0 Å². The minimum absolute atomic E-state index is 0.0281. The Balaban J connectivity index is 1.81. The number of carbonyl (C=O) groups is 1. The summed E-state index contributed by atoms with van der Waals surface area (Å²) in [6, 6.07) is 12.8. The van der Waals surface area contributed by atoms with Crippen molar-refractivity contribution in [3.8, 4) is 0 Å². The second-order valence-corrected chi connectivity index (χ2v) is 5.73. The van der Waals surface area contributed by atoms with E-state index in [1.54, 1.807) is 48.2 Å². The van der Waals surface area contributed by atoms with E-state index in [1.165, 1.54) is 12.1 Å². The molecule has 2 aromatic carbocycles. The van der Waals surface area contributed by atoms with Crippen LogP contribution in [0.4, 0.5) is 11.4 Å². The first-order valence-corrected chi connectivity index (χ1v) is 6.84. The Morgan fingerprint density at radius 3 is 2.41 bits per heavy atom. The molecule has 6 nitrogen and oxygen atoms in total. The van der Waals surface area contributed by atoms with E-state index in [0.717, 1.165) is 0 Å². The number of ketones is 1. The van der Waals surface area contributed by atoms with Crippen LogP contribution in [0.2, 0.25) is 0 Å². The largest absolute Gasteiger partial charge is 0.364 e. The van der Waals surface area contributed by atoms with Gasteiger partial charge < -0.3 is 10.0 Å². The van der Waals surface area contributed by atoms with Crippen LogP contribution in [0.5, 0.6) is 0 Å². The molecule has 4 rings (SSSR count). The third-order valence-corrected chi connectivity index (χ3v) is 4.71. The highest BCUT2D eigenvalue weighted by molar-refractivity contribution is 6.16. The van der Waals surface area contributed by atoms with Gasteiger partial charge in [0.1, 0.15) is 0 Å². The summed E-state index contributed by atoms with van der Waals surface area (Å²) in [7, 11) is 0. The van der Waals surface area contributed by atoms with E-state index >= 15 is 0 Å². The van der Waals surface area contributed by atoms with Gasteiger partial charge >= 0.3 is 0 Å². The first-order chi connectivity index (χ1) is 10.4. The Labute approximate surface area is 125 Å². The van der Waals surface area contributed by atoms with Crippen molar-refractivity contribution < 1.29 is 14.8 Å². The lowest BCUT2D eigenvalue weighted by Crippen LogP contribution is -2.24. The second-order valence-electron chi connectivity index (χ2n) is 5.73. The summed E-state index contributed by atoms with van der Waals surface area (Å²) in [6.07, 6.45) is 0. The summed E-state index contributed by atoms with van der Waals surface area (Å²) in [4.78, 5) is 24.5. The smallest absolute Gasteiger partial charge is 0.269 e. The number of anilines is 1. The van der Waals surface area contributed by atoms with Gasteiger partial charge in [0.05, 0.1) is 4.92 Å². The molecule has 0 aromatic heterocycles. The first-order valence-electron chi connectivity index (χ1n) is 6.84. The van der Waals surface area contributed by atoms with E-state index in [9.17, 15) is 20.0 Å². The highest BCUT2D eigenvalue weighted by Crippen LogP contribution is 2.65. The highest BCUT2D eigenvalue weighted by atomic mass is 16.6. The Hall–Kier alpha value is -2.73. The summed E-state index contributed by atoms with van der Waals surface area (Å²) in [5.74, 6) is -0.135. The number of nitro groups is 1. The molecule has 110 valence electrons. The predicted octanol–water partition coefficient (Wildman–Crippen LogP) is 2.22. The van der Waals surface area contributed by atoms with Crippen LogP contribution in [0.1, 0.15) is 22.8 Å². The Morgan fingerprint density at radius 2 is 1.77 bits per heavy atom. The van der Waals surface area contributed by atoms with Gasteiger partial charge in [-0.2, -0.15) is 0 Å². The van der Waals surface area contributed by atoms with Gasteiger partial charge in [0.25, 0.3) is 5.69 Å². The number of hydrogen-bond donors (Lipinski definition) is 1. The molecule has 0 radical (unpaired) electrons. The molecule has 1 aliphatic heterocycles. The highest BCUT2D eigenvalue weighted by Gasteiger charge is 2.81. The van der Waals surface area contributed by atoms with Crippen molar-refractivity contribution in [3.05, 3.63) is 69.8 Å². The van der Waals surface area contributed by atoms with Crippen LogP contribution >= 0.6 is 0 Å². The summed E-state index contributed by atoms with van der Waals surface area (Å²) in [5.41, 5.74) is -0.756. The average molecular weight is 296 g/mol. The van der Waals surface area contributed by atoms with Gasteiger partial charge in [-0.15, -0.1) is 0 Å². The Bertz CT molecular complexity index is 832. The Morgan fingerprint density at radius 1 is 1.14 bits per heavy atom. The van der Waals surface area contributed by atoms with E-state index in [0.29, 0.717) is 16.8 Å². The lowest BCUT2D eigenvalue weighted by atomic mass is 10.0. The minimum Gasteiger partial charge on any atom is -0.364 e. The van der Waals surface area contributed by atoms with Crippen molar-refractivity contribution >= 4 is 17.2 Å². The molecule has 2 unspecified atom stereocenters. The molecule has 0 amide bonds. The predicted molar refractivity (Wildman–Crippen MR) is 78.6 cm³/mol. The van der Waals surface area contributed by atoms with E-state index in [-0.39, 0.29) is 11.5 Å². The maximum atomic E-state index is 12.6. The van der Waals surface area contributed by atoms with Crippen molar-refractivity contribution in [1.82, 2.24) is 0 Å². The number of rotatable bonds is 2. The van der Waals surface area contributed by atoms with Crippen LogP contribution in [0.3, 0.4) is 0 Å². The molecule has 2 atom stereocenters. The van der Waals surface area contributed by atoms with E-state index in [1.807, 2.05) is 0 Å². The molecule has 6 heteroatoms. The maximum absolute atomic E-state index is 12.6. The van der Waals surface area contributed by atoms with Crippen LogP contribution in [0, 0.1) is 10.1 Å². The van der Waals surface area contributed by atoms with Crippen molar-refractivity contribution in [2.75, 3.05) is 4.90 Å². The molecule has 1 saturated heterocycles. The first kappa shape index (κ1) is 13.0. The second kappa shape index (κ2) is 3.72. The summed E-state index contributed by atoms with van der Waals surface area (Å²) >= 11 is 0. The van der Waals surface area contributed by atoms with Gasteiger partial charge in [-0.3, -0.25) is 14.9 Å². The van der Waals surface area contributed by atoms with Crippen LogP contribution in [-0.2, 0) is 5.72 Å². The molecule has 1 aliphatic carbocycles. The van der Waals surface area contributed by atoms with Crippen LogP contribution in [0.15, 0.2) is 48.5 Å². The minimum atomic E-state index is -1.38. The number of Topliss-reactive ketones (excluding diaryl/α,β-unsaturated/α-hetero) is 1. The van der Waals surface area contributed by atoms with Gasteiger partial charge in [0, 0.05) is 28.9 Å².